The molecule has 1 fully saturated rings. The Morgan fingerprint density at radius 1 is 1.19 bits per heavy atom. The molecule has 4 amide bonds. The maximum atomic E-state index is 13.4. The number of benzene rings is 2. The van der Waals surface area contributed by atoms with E-state index in [1.54, 1.807) is 18.3 Å². The van der Waals surface area contributed by atoms with Crippen LogP contribution < -0.4 is 10.6 Å². The molecule has 10 nitrogen and oxygen atoms in total. The minimum Gasteiger partial charge on any atom is -0.394 e. The Bertz CT molecular complexity index is 1420. The SMILES string of the molecule is Cc1c(Cl)ccc2c(/C=C3\NC(=O)N(C(C(=O)NC(CO)CO)c4ccc(C#N)cc4)C3=O)c[nH]c12. The van der Waals surface area contributed by atoms with Crippen LogP contribution >= 0.6 is 11.6 Å². The molecule has 0 bridgehead atoms. The van der Waals surface area contributed by atoms with Gasteiger partial charge in [-0.15, -0.1) is 0 Å². The van der Waals surface area contributed by atoms with E-state index in [9.17, 15) is 24.6 Å². The summed E-state index contributed by atoms with van der Waals surface area (Å²) < 4.78 is 0. The first-order chi connectivity index (χ1) is 17.3. The third kappa shape index (κ3) is 4.55. The second kappa shape index (κ2) is 10.2. The zero-order chi connectivity index (χ0) is 26.0. The Balaban J connectivity index is 1.72. The van der Waals surface area contributed by atoms with E-state index in [-0.39, 0.29) is 11.3 Å². The number of urea groups is 1. The van der Waals surface area contributed by atoms with Crippen molar-refractivity contribution in [2.45, 2.75) is 19.0 Å². The van der Waals surface area contributed by atoms with Crippen molar-refractivity contribution in [3.05, 3.63) is 75.6 Å². The van der Waals surface area contributed by atoms with Crippen molar-refractivity contribution in [1.29, 1.82) is 5.26 Å². The van der Waals surface area contributed by atoms with Gasteiger partial charge in [-0.25, -0.2) is 9.69 Å². The number of nitrogens with one attached hydrogen (secondary N) is 3. The fraction of sp³-hybridized carbons (Fsp3) is 0.200. The molecule has 2 aromatic carbocycles. The number of amides is 4. The Hall–Kier alpha value is -4.17. The summed E-state index contributed by atoms with van der Waals surface area (Å²) in [6.45, 7) is 0.768. The number of halogens is 1. The van der Waals surface area contributed by atoms with E-state index in [0.29, 0.717) is 16.1 Å². The zero-order valence-corrected chi connectivity index (χ0v) is 19.8. The summed E-state index contributed by atoms with van der Waals surface area (Å²) in [5, 5.41) is 34.2. The summed E-state index contributed by atoms with van der Waals surface area (Å²) >= 11 is 6.19. The molecule has 1 aliphatic rings. The molecule has 3 aromatic rings. The number of carbonyl (C=O) groups excluding carboxylic acids is 3. The van der Waals surface area contributed by atoms with Crippen molar-refractivity contribution in [3.8, 4) is 6.07 Å². The molecule has 184 valence electrons. The number of hydrogen-bond donors (Lipinski definition) is 5. The average molecular weight is 508 g/mol. The van der Waals surface area contributed by atoms with Gasteiger partial charge >= 0.3 is 6.03 Å². The average Bonchev–Trinajstić information content (AvgIpc) is 3.41. The zero-order valence-electron chi connectivity index (χ0n) is 19.1. The number of aryl methyl sites for hydroxylation is 1. The van der Waals surface area contributed by atoms with Crippen LogP contribution in [-0.2, 0) is 9.59 Å². The van der Waals surface area contributed by atoms with Gasteiger partial charge in [-0.05, 0) is 42.3 Å². The van der Waals surface area contributed by atoms with Crippen molar-refractivity contribution in [2.75, 3.05) is 13.2 Å². The molecule has 36 heavy (non-hydrogen) atoms. The minimum absolute atomic E-state index is 0.0409. The number of nitriles is 1. The largest absolute Gasteiger partial charge is 0.394 e. The molecule has 0 aliphatic carbocycles. The number of aromatic amines is 1. The van der Waals surface area contributed by atoms with Crippen LogP contribution in [0, 0.1) is 18.3 Å². The van der Waals surface area contributed by atoms with Crippen LogP contribution in [0.25, 0.3) is 17.0 Å². The summed E-state index contributed by atoms with van der Waals surface area (Å²) in [5.74, 6) is -1.52. The van der Waals surface area contributed by atoms with Crippen LogP contribution in [0.1, 0.15) is 28.3 Å². The first-order valence-corrected chi connectivity index (χ1v) is 11.3. The van der Waals surface area contributed by atoms with Gasteiger partial charge in [0.2, 0.25) is 5.91 Å². The third-order valence-corrected chi connectivity index (χ3v) is 6.35. The number of fused-ring (bicyclic) bond motifs is 1. The second-order valence-corrected chi connectivity index (χ2v) is 8.62. The molecule has 0 radical (unpaired) electrons. The molecule has 1 atom stereocenters. The van der Waals surface area contributed by atoms with Crippen molar-refractivity contribution < 1.29 is 24.6 Å². The number of hydrogen-bond acceptors (Lipinski definition) is 6. The van der Waals surface area contributed by atoms with Gasteiger partial charge < -0.3 is 25.8 Å². The summed E-state index contributed by atoms with van der Waals surface area (Å²) in [7, 11) is 0. The van der Waals surface area contributed by atoms with Crippen LogP contribution in [0.4, 0.5) is 4.79 Å². The highest BCUT2D eigenvalue weighted by Gasteiger charge is 2.43. The molecule has 0 saturated carbocycles. The normalized spacial score (nSPS) is 15.4. The predicted octanol–water partition coefficient (Wildman–Crippen LogP) is 2.10. The lowest BCUT2D eigenvalue weighted by Crippen LogP contribution is -2.48. The highest BCUT2D eigenvalue weighted by molar-refractivity contribution is 6.32. The fourth-order valence-corrected chi connectivity index (χ4v) is 4.14. The highest BCUT2D eigenvalue weighted by Crippen LogP contribution is 2.31. The summed E-state index contributed by atoms with van der Waals surface area (Å²) in [6, 6.07) is 8.11. The fourth-order valence-electron chi connectivity index (χ4n) is 3.99. The van der Waals surface area contributed by atoms with E-state index in [1.165, 1.54) is 30.3 Å². The summed E-state index contributed by atoms with van der Waals surface area (Å²) in [5.41, 5.74) is 2.81. The molecule has 1 aliphatic heterocycles. The molecule has 4 rings (SSSR count). The molecule has 1 aromatic heterocycles. The van der Waals surface area contributed by atoms with Crippen LogP contribution in [0.2, 0.25) is 5.02 Å². The van der Waals surface area contributed by atoms with Gasteiger partial charge in [0, 0.05) is 22.2 Å². The van der Waals surface area contributed by atoms with Gasteiger partial charge in [0.1, 0.15) is 11.7 Å². The van der Waals surface area contributed by atoms with Crippen molar-refractivity contribution in [3.63, 3.8) is 0 Å². The van der Waals surface area contributed by atoms with Crippen LogP contribution in [0.3, 0.4) is 0 Å². The molecule has 5 N–H and O–H groups in total. The lowest BCUT2D eigenvalue weighted by atomic mass is 10.0. The number of nitrogens with zero attached hydrogens (tertiary/aromatic N) is 2. The van der Waals surface area contributed by atoms with E-state index < -0.39 is 43.1 Å². The number of aliphatic hydroxyl groups is 2. The van der Waals surface area contributed by atoms with E-state index in [2.05, 4.69) is 15.6 Å². The van der Waals surface area contributed by atoms with Gasteiger partial charge in [0.05, 0.1) is 36.4 Å². The number of aliphatic hydroxyl groups excluding tert-OH is 2. The molecular formula is C25H22ClN5O5. The lowest BCUT2D eigenvalue weighted by Gasteiger charge is -2.26. The van der Waals surface area contributed by atoms with E-state index in [0.717, 1.165) is 21.4 Å². The smallest absolute Gasteiger partial charge is 0.330 e. The summed E-state index contributed by atoms with van der Waals surface area (Å²) in [6.07, 6.45) is 3.19. The van der Waals surface area contributed by atoms with Crippen molar-refractivity contribution in [1.82, 2.24) is 20.5 Å². The monoisotopic (exact) mass is 507 g/mol. The van der Waals surface area contributed by atoms with E-state index in [4.69, 9.17) is 16.9 Å². The molecule has 2 heterocycles. The van der Waals surface area contributed by atoms with Crippen LogP contribution in [0.5, 0.6) is 0 Å². The number of rotatable bonds is 7. The third-order valence-electron chi connectivity index (χ3n) is 5.94. The van der Waals surface area contributed by atoms with Crippen LogP contribution in [-0.4, -0.2) is 57.2 Å². The van der Waals surface area contributed by atoms with Gasteiger partial charge in [0.15, 0.2) is 0 Å². The Morgan fingerprint density at radius 2 is 1.89 bits per heavy atom. The maximum absolute atomic E-state index is 13.4. The van der Waals surface area contributed by atoms with Gasteiger partial charge in [0.25, 0.3) is 5.91 Å². The van der Waals surface area contributed by atoms with Gasteiger partial charge in [-0.3, -0.25) is 9.59 Å². The maximum Gasteiger partial charge on any atom is 0.330 e. The van der Waals surface area contributed by atoms with E-state index in [1.807, 2.05) is 13.0 Å². The molecule has 0 spiro atoms. The highest BCUT2D eigenvalue weighted by atomic mass is 35.5. The van der Waals surface area contributed by atoms with E-state index >= 15 is 0 Å². The summed E-state index contributed by atoms with van der Waals surface area (Å²) in [4.78, 5) is 43.4. The van der Waals surface area contributed by atoms with Crippen LogP contribution in [0.15, 0.2) is 48.3 Å². The number of aromatic nitrogens is 1. The number of carbonyl (C=O) groups is 3. The lowest BCUT2D eigenvalue weighted by molar-refractivity contribution is -0.134. The standard InChI is InChI=1S/C25H22ClN5O5/c1-13-19(26)7-6-18-16(10-28-21(13)18)8-20-24(35)31(25(36)30-20)22(23(34)29-17(11-32)12-33)15-4-2-14(9-27)3-5-15/h2-8,10,17,22,28,32-33H,11-12H2,1H3,(H,29,34)(H,30,36)/b20-8-. The Kier molecular flexibility index (Phi) is 7.07. The van der Waals surface area contributed by atoms with Gasteiger partial charge in [-0.2, -0.15) is 5.26 Å². The van der Waals surface area contributed by atoms with Gasteiger partial charge in [-0.1, -0.05) is 29.8 Å². The Labute approximate surface area is 210 Å². The first-order valence-electron chi connectivity index (χ1n) is 10.9. The Morgan fingerprint density at radius 3 is 2.53 bits per heavy atom. The second-order valence-electron chi connectivity index (χ2n) is 8.21. The molecular weight excluding hydrogens is 486 g/mol. The number of H-pyrrole nitrogens is 1. The minimum atomic E-state index is -1.42. The number of imide groups is 1. The first kappa shape index (κ1) is 24.9. The molecule has 1 saturated heterocycles. The topological polar surface area (TPSA) is 159 Å². The van der Waals surface area contributed by atoms with Crippen molar-refractivity contribution in [2.24, 2.45) is 0 Å². The predicted molar refractivity (Wildman–Crippen MR) is 131 cm³/mol. The van der Waals surface area contributed by atoms with Crippen molar-refractivity contribution >= 4 is 46.4 Å². The molecule has 11 heteroatoms. The quantitative estimate of drug-likeness (QED) is 0.243. The molecule has 1 unspecified atom stereocenters.